The Labute approximate surface area is 99.0 Å². The maximum atomic E-state index is 11.6. The number of hydrogen-bond donors (Lipinski definition) is 1. The van der Waals surface area contributed by atoms with Crippen molar-refractivity contribution in [2.75, 3.05) is 11.5 Å². The van der Waals surface area contributed by atoms with E-state index in [0.29, 0.717) is 0 Å². The Morgan fingerprint density at radius 1 is 1.12 bits per heavy atom. The van der Waals surface area contributed by atoms with Gasteiger partial charge in [0.25, 0.3) is 0 Å². The van der Waals surface area contributed by atoms with Crippen LogP contribution in [0, 0.1) is 6.92 Å². The normalized spacial score (nSPS) is 11.1. The van der Waals surface area contributed by atoms with Crippen molar-refractivity contribution in [1.29, 1.82) is 0 Å². The van der Waals surface area contributed by atoms with Crippen molar-refractivity contribution in [3.05, 3.63) is 35.4 Å². The summed E-state index contributed by atoms with van der Waals surface area (Å²) in [5.41, 5.74) is 1.22. The standard InChI is InChI=1S/C11H12O5S/c1-8-2-4-9(5-3-8)10(12)6-17(15,16)7-11(13)14/h2-5H,6-7H2,1H3,(H,13,14). The predicted octanol–water partition coefficient (Wildman–Crippen LogP) is 0.677. The average molecular weight is 256 g/mol. The van der Waals surface area contributed by atoms with Crippen LogP contribution in [-0.2, 0) is 14.6 Å². The van der Waals surface area contributed by atoms with E-state index >= 15 is 0 Å². The molecule has 0 saturated carbocycles. The van der Waals surface area contributed by atoms with Crippen molar-refractivity contribution in [1.82, 2.24) is 0 Å². The molecule has 0 saturated heterocycles. The molecular weight excluding hydrogens is 244 g/mol. The third-order valence-corrected chi connectivity index (χ3v) is 3.46. The number of benzene rings is 1. The first kappa shape index (κ1) is 13.4. The van der Waals surface area contributed by atoms with Crippen LogP contribution in [-0.4, -0.2) is 36.8 Å². The summed E-state index contributed by atoms with van der Waals surface area (Å²) in [4.78, 5) is 21.9. The molecule has 0 aliphatic rings. The van der Waals surface area contributed by atoms with E-state index in [9.17, 15) is 18.0 Å². The third-order valence-electron chi connectivity index (χ3n) is 2.07. The quantitative estimate of drug-likeness (QED) is 0.782. The van der Waals surface area contributed by atoms with Crippen molar-refractivity contribution in [2.45, 2.75) is 6.92 Å². The van der Waals surface area contributed by atoms with Crippen LogP contribution in [0.25, 0.3) is 0 Å². The molecule has 0 aliphatic carbocycles. The Hall–Kier alpha value is -1.69. The monoisotopic (exact) mass is 256 g/mol. The maximum absolute atomic E-state index is 11.6. The van der Waals surface area contributed by atoms with E-state index in [-0.39, 0.29) is 5.56 Å². The number of sulfone groups is 1. The summed E-state index contributed by atoms with van der Waals surface area (Å²) in [5.74, 6) is -3.85. The first-order valence-corrected chi connectivity index (χ1v) is 6.64. The SMILES string of the molecule is Cc1ccc(C(=O)CS(=O)(=O)CC(=O)O)cc1. The Balaban J connectivity index is 2.79. The summed E-state index contributed by atoms with van der Waals surface area (Å²) in [7, 11) is -3.89. The highest BCUT2D eigenvalue weighted by Crippen LogP contribution is 2.06. The lowest BCUT2D eigenvalue weighted by Crippen LogP contribution is -2.23. The molecule has 0 amide bonds. The van der Waals surface area contributed by atoms with E-state index in [1.54, 1.807) is 12.1 Å². The van der Waals surface area contributed by atoms with Crippen molar-refractivity contribution < 1.29 is 23.1 Å². The van der Waals surface area contributed by atoms with Gasteiger partial charge in [0.15, 0.2) is 15.6 Å². The van der Waals surface area contributed by atoms with Crippen LogP contribution in [0.1, 0.15) is 15.9 Å². The van der Waals surface area contributed by atoms with Crippen LogP contribution in [0.3, 0.4) is 0 Å². The summed E-state index contributed by atoms with van der Waals surface area (Å²) in [6.07, 6.45) is 0. The van der Waals surface area contributed by atoms with Crippen molar-refractivity contribution >= 4 is 21.6 Å². The molecule has 0 heterocycles. The second kappa shape index (κ2) is 5.09. The highest BCUT2D eigenvalue weighted by molar-refractivity contribution is 7.92. The number of rotatable bonds is 5. The molecule has 1 aromatic carbocycles. The first-order chi connectivity index (χ1) is 7.80. The summed E-state index contributed by atoms with van der Waals surface area (Å²) in [5, 5.41) is 8.38. The van der Waals surface area contributed by atoms with Gasteiger partial charge in [-0.05, 0) is 6.92 Å². The molecule has 0 aromatic heterocycles. The van der Waals surface area contributed by atoms with Gasteiger partial charge >= 0.3 is 5.97 Å². The molecule has 0 unspecified atom stereocenters. The molecule has 1 N–H and O–H groups in total. The van der Waals surface area contributed by atoms with E-state index in [1.165, 1.54) is 12.1 Å². The second-order valence-electron chi connectivity index (χ2n) is 3.72. The molecule has 0 radical (unpaired) electrons. The lowest BCUT2D eigenvalue weighted by Gasteiger charge is -2.02. The number of carboxylic acid groups (broad SMARTS) is 1. The summed E-state index contributed by atoms with van der Waals surface area (Å²) >= 11 is 0. The Morgan fingerprint density at radius 2 is 1.65 bits per heavy atom. The van der Waals surface area contributed by atoms with Crippen molar-refractivity contribution in [3.63, 3.8) is 0 Å². The zero-order valence-electron chi connectivity index (χ0n) is 9.21. The number of carbonyl (C=O) groups excluding carboxylic acids is 1. The third kappa shape index (κ3) is 4.36. The van der Waals surface area contributed by atoms with Gasteiger partial charge in [0.1, 0.15) is 11.5 Å². The molecule has 0 fully saturated rings. The summed E-state index contributed by atoms with van der Waals surface area (Å²) < 4.78 is 22.6. The smallest absolute Gasteiger partial charge is 0.318 e. The van der Waals surface area contributed by atoms with Gasteiger partial charge in [-0.3, -0.25) is 9.59 Å². The number of aliphatic carboxylic acids is 1. The minimum Gasteiger partial charge on any atom is -0.480 e. The van der Waals surface area contributed by atoms with Crippen LogP contribution < -0.4 is 0 Å². The van der Waals surface area contributed by atoms with Crippen LogP contribution in [0.5, 0.6) is 0 Å². The molecule has 0 aliphatic heterocycles. The lowest BCUT2D eigenvalue weighted by atomic mass is 10.1. The molecule has 5 nitrogen and oxygen atoms in total. The lowest BCUT2D eigenvalue weighted by molar-refractivity contribution is -0.134. The first-order valence-electron chi connectivity index (χ1n) is 4.82. The van der Waals surface area contributed by atoms with E-state index in [4.69, 9.17) is 5.11 Å². The minimum absolute atomic E-state index is 0.268. The molecular formula is C11H12O5S. The van der Waals surface area contributed by atoms with Crippen LogP contribution in [0.4, 0.5) is 0 Å². The van der Waals surface area contributed by atoms with Crippen LogP contribution in [0.15, 0.2) is 24.3 Å². The molecule has 1 rings (SSSR count). The predicted molar refractivity (Wildman–Crippen MR) is 61.8 cm³/mol. The second-order valence-corrected chi connectivity index (χ2v) is 5.78. The largest absolute Gasteiger partial charge is 0.480 e. The molecule has 6 heteroatoms. The Kier molecular flexibility index (Phi) is 4.01. The molecule has 1 aromatic rings. The van der Waals surface area contributed by atoms with Gasteiger partial charge in [-0.25, -0.2) is 8.42 Å². The van der Waals surface area contributed by atoms with Crippen LogP contribution >= 0.6 is 0 Å². The fourth-order valence-electron chi connectivity index (χ4n) is 1.26. The number of carbonyl (C=O) groups is 2. The Bertz CT molecular complexity index is 527. The number of hydrogen-bond acceptors (Lipinski definition) is 4. The molecule has 0 bridgehead atoms. The van der Waals surface area contributed by atoms with Gasteiger partial charge in [-0.1, -0.05) is 29.8 Å². The van der Waals surface area contributed by atoms with E-state index in [1.807, 2.05) is 6.92 Å². The average Bonchev–Trinajstić information content (AvgIpc) is 2.15. The zero-order valence-corrected chi connectivity index (χ0v) is 10.0. The van der Waals surface area contributed by atoms with Crippen molar-refractivity contribution in [3.8, 4) is 0 Å². The van der Waals surface area contributed by atoms with Gasteiger partial charge in [0, 0.05) is 5.56 Å². The van der Waals surface area contributed by atoms with E-state index < -0.39 is 33.1 Å². The maximum Gasteiger partial charge on any atom is 0.318 e. The Morgan fingerprint density at radius 3 is 2.12 bits per heavy atom. The van der Waals surface area contributed by atoms with Gasteiger partial charge in [0.05, 0.1) is 0 Å². The van der Waals surface area contributed by atoms with Crippen molar-refractivity contribution in [2.24, 2.45) is 0 Å². The topological polar surface area (TPSA) is 88.5 Å². The van der Waals surface area contributed by atoms with Gasteiger partial charge in [0.2, 0.25) is 0 Å². The van der Waals surface area contributed by atoms with Gasteiger partial charge in [-0.15, -0.1) is 0 Å². The fraction of sp³-hybridized carbons (Fsp3) is 0.273. The molecule has 0 spiro atoms. The summed E-state index contributed by atoms with van der Waals surface area (Å²) in [6, 6.07) is 6.43. The van der Waals surface area contributed by atoms with Gasteiger partial charge < -0.3 is 5.11 Å². The van der Waals surface area contributed by atoms with E-state index in [0.717, 1.165) is 5.56 Å². The summed E-state index contributed by atoms with van der Waals surface area (Å²) in [6.45, 7) is 1.84. The number of ketones is 1. The zero-order chi connectivity index (χ0) is 13.1. The molecule has 92 valence electrons. The number of Topliss-reactive ketones (excluding diaryl/α,β-unsaturated/α-hetero) is 1. The fourth-order valence-corrected chi connectivity index (χ4v) is 2.31. The van der Waals surface area contributed by atoms with Crippen LogP contribution in [0.2, 0.25) is 0 Å². The highest BCUT2D eigenvalue weighted by Gasteiger charge is 2.21. The number of carboxylic acids is 1. The molecule has 0 atom stereocenters. The minimum atomic E-state index is -3.89. The van der Waals surface area contributed by atoms with E-state index in [2.05, 4.69) is 0 Å². The molecule has 17 heavy (non-hydrogen) atoms. The number of aryl methyl sites for hydroxylation is 1. The van der Waals surface area contributed by atoms with Gasteiger partial charge in [-0.2, -0.15) is 0 Å². The highest BCUT2D eigenvalue weighted by atomic mass is 32.2.